The molecule has 0 fully saturated rings. The first-order valence-electron chi connectivity index (χ1n) is 6.11. The van der Waals surface area contributed by atoms with Gasteiger partial charge in [-0.1, -0.05) is 5.16 Å². The molecule has 0 saturated heterocycles. The zero-order chi connectivity index (χ0) is 14.6. The van der Waals surface area contributed by atoms with Crippen LogP contribution in [0.15, 0.2) is 28.1 Å². The van der Waals surface area contributed by atoms with Gasteiger partial charge in [0.1, 0.15) is 0 Å². The average molecular weight is 300 g/mol. The second-order valence-electron chi connectivity index (χ2n) is 4.11. The molecule has 2 heterocycles. The fourth-order valence-corrected chi connectivity index (χ4v) is 2.88. The predicted octanol–water partition coefficient (Wildman–Crippen LogP) is -0.0957. The molecule has 110 valence electrons. The van der Waals surface area contributed by atoms with Gasteiger partial charge in [-0.05, 0) is 13.0 Å². The lowest BCUT2D eigenvalue weighted by Gasteiger charge is -2.03. The number of rotatable bonds is 7. The summed E-state index contributed by atoms with van der Waals surface area (Å²) in [6, 6.07) is 1.46. The number of nitrogens with one attached hydrogen (secondary N) is 1. The van der Waals surface area contributed by atoms with Crippen LogP contribution in [0.25, 0.3) is 0 Å². The zero-order valence-electron chi connectivity index (χ0n) is 11.0. The molecule has 0 amide bonds. The molecule has 9 heteroatoms. The number of hydrogen-bond donors (Lipinski definition) is 2. The van der Waals surface area contributed by atoms with Gasteiger partial charge in [-0.3, -0.25) is 0 Å². The van der Waals surface area contributed by atoms with Gasteiger partial charge in [0, 0.05) is 31.4 Å². The third-order valence-electron chi connectivity index (χ3n) is 2.82. The molecule has 0 aliphatic heterocycles. The van der Waals surface area contributed by atoms with Crippen molar-refractivity contribution in [1.82, 2.24) is 19.4 Å². The summed E-state index contributed by atoms with van der Waals surface area (Å²) in [4.78, 5) is 3.94. The average Bonchev–Trinajstić information content (AvgIpc) is 3.07. The number of aryl methyl sites for hydroxylation is 1. The number of nitrogens with zero attached hydrogens (tertiary/aromatic N) is 3. The van der Waals surface area contributed by atoms with E-state index in [2.05, 4.69) is 19.4 Å². The summed E-state index contributed by atoms with van der Waals surface area (Å²) in [5.74, 6) is 0.440. The second kappa shape index (κ2) is 6.16. The van der Waals surface area contributed by atoms with Crippen LogP contribution in [0.4, 0.5) is 0 Å². The number of aromatic nitrogens is 3. The molecule has 2 aromatic heterocycles. The second-order valence-corrected chi connectivity index (χ2v) is 5.87. The highest BCUT2D eigenvalue weighted by molar-refractivity contribution is 7.89. The normalized spacial score (nSPS) is 11.9. The summed E-state index contributed by atoms with van der Waals surface area (Å²) < 4.78 is 32.9. The van der Waals surface area contributed by atoms with Crippen molar-refractivity contribution in [1.29, 1.82) is 0 Å². The van der Waals surface area contributed by atoms with Crippen LogP contribution in [-0.4, -0.2) is 34.8 Å². The van der Waals surface area contributed by atoms with Crippen molar-refractivity contribution in [3.05, 3.63) is 30.2 Å². The Labute approximate surface area is 116 Å². The molecule has 0 atom stereocenters. The third kappa shape index (κ3) is 3.24. The Balaban J connectivity index is 2.04. The van der Waals surface area contributed by atoms with Gasteiger partial charge < -0.3 is 14.2 Å². The SMILES string of the molecule is CCn1cc(S(=O)(=O)NCCc2ncon2)cc1CO. The van der Waals surface area contributed by atoms with Gasteiger partial charge in [0.15, 0.2) is 5.82 Å². The molecule has 0 aliphatic rings. The van der Waals surface area contributed by atoms with Crippen LogP contribution in [0.3, 0.4) is 0 Å². The fourth-order valence-electron chi connectivity index (χ4n) is 1.78. The topological polar surface area (TPSA) is 110 Å². The Morgan fingerprint density at radius 3 is 2.85 bits per heavy atom. The molecule has 0 saturated carbocycles. The van der Waals surface area contributed by atoms with Gasteiger partial charge in [-0.2, -0.15) is 4.98 Å². The van der Waals surface area contributed by atoms with Crippen LogP contribution in [0.2, 0.25) is 0 Å². The van der Waals surface area contributed by atoms with E-state index in [0.29, 0.717) is 24.5 Å². The van der Waals surface area contributed by atoms with E-state index >= 15 is 0 Å². The van der Waals surface area contributed by atoms with E-state index in [1.54, 1.807) is 4.57 Å². The molecule has 0 aliphatic carbocycles. The maximum absolute atomic E-state index is 12.1. The lowest BCUT2D eigenvalue weighted by molar-refractivity contribution is 0.271. The van der Waals surface area contributed by atoms with Crippen LogP contribution in [0.5, 0.6) is 0 Å². The van der Waals surface area contributed by atoms with Crippen molar-refractivity contribution in [2.24, 2.45) is 0 Å². The van der Waals surface area contributed by atoms with E-state index < -0.39 is 10.0 Å². The molecule has 20 heavy (non-hydrogen) atoms. The smallest absolute Gasteiger partial charge is 0.242 e. The lowest BCUT2D eigenvalue weighted by Crippen LogP contribution is -2.26. The maximum Gasteiger partial charge on any atom is 0.242 e. The summed E-state index contributed by atoms with van der Waals surface area (Å²) in [5, 5.41) is 12.8. The molecule has 8 nitrogen and oxygen atoms in total. The van der Waals surface area contributed by atoms with Crippen LogP contribution in [0.1, 0.15) is 18.4 Å². The van der Waals surface area contributed by atoms with E-state index in [-0.39, 0.29) is 18.0 Å². The zero-order valence-corrected chi connectivity index (χ0v) is 11.8. The molecule has 2 rings (SSSR count). The van der Waals surface area contributed by atoms with E-state index in [1.807, 2.05) is 6.92 Å². The van der Waals surface area contributed by atoms with Crippen molar-refractivity contribution < 1.29 is 18.0 Å². The molecule has 0 unspecified atom stereocenters. The Morgan fingerprint density at radius 2 is 2.30 bits per heavy atom. The number of hydrogen-bond acceptors (Lipinski definition) is 6. The molecule has 2 aromatic rings. The first-order chi connectivity index (χ1) is 9.56. The van der Waals surface area contributed by atoms with Crippen LogP contribution in [0, 0.1) is 0 Å². The van der Waals surface area contributed by atoms with Gasteiger partial charge in [-0.15, -0.1) is 0 Å². The van der Waals surface area contributed by atoms with Gasteiger partial charge in [-0.25, -0.2) is 13.1 Å². The monoisotopic (exact) mass is 300 g/mol. The standard InChI is InChI=1S/C11H16N4O4S/c1-2-15-6-10(5-9(15)7-16)20(17,18)13-4-3-11-12-8-19-14-11/h5-6,8,13,16H,2-4,7H2,1H3. The highest BCUT2D eigenvalue weighted by atomic mass is 32.2. The van der Waals surface area contributed by atoms with E-state index in [0.717, 1.165) is 0 Å². The Hall–Kier alpha value is -1.71. The largest absolute Gasteiger partial charge is 0.390 e. The molecule has 0 aromatic carbocycles. The summed E-state index contributed by atoms with van der Waals surface area (Å²) in [6.07, 6.45) is 3.04. The van der Waals surface area contributed by atoms with Crippen molar-refractivity contribution in [2.45, 2.75) is 31.4 Å². The van der Waals surface area contributed by atoms with E-state index in [9.17, 15) is 8.42 Å². The summed E-state index contributed by atoms with van der Waals surface area (Å²) in [7, 11) is -3.60. The van der Waals surface area contributed by atoms with Gasteiger partial charge in [0.05, 0.1) is 11.5 Å². The predicted molar refractivity (Wildman–Crippen MR) is 69.2 cm³/mol. The van der Waals surface area contributed by atoms with Crippen molar-refractivity contribution >= 4 is 10.0 Å². The van der Waals surface area contributed by atoms with Crippen LogP contribution in [-0.2, 0) is 29.6 Å². The first kappa shape index (κ1) is 14.7. The maximum atomic E-state index is 12.1. The van der Waals surface area contributed by atoms with Crippen LogP contribution >= 0.6 is 0 Å². The Bertz CT molecular complexity index is 627. The van der Waals surface area contributed by atoms with Crippen molar-refractivity contribution in [3.63, 3.8) is 0 Å². The lowest BCUT2D eigenvalue weighted by atomic mass is 10.4. The van der Waals surface area contributed by atoms with E-state index in [4.69, 9.17) is 5.11 Å². The minimum Gasteiger partial charge on any atom is -0.390 e. The fraction of sp³-hybridized carbons (Fsp3) is 0.455. The highest BCUT2D eigenvalue weighted by Gasteiger charge is 2.17. The Kier molecular flexibility index (Phi) is 4.53. The van der Waals surface area contributed by atoms with Crippen molar-refractivity contribution in [2.75, 3.05) is 6.54 Å². The summed E-state index contributed by atoms with van der Waals surface area (Å²) >= 11 is 0. The number of aliphatic hydroxyl groups is 1. The summed E-state index contributed by atoms with van der Waals surface area (Å²) in [5.41, 5.74) is 0.561. The van der Waals surface area contributed by atoms with Gasteiger partial charge in [0.2, 0.25) is 16.4 Å². The molecule has 0 radical (unpaired) electrons. The minimum absolute atomic E-state index is 0.136. The van der Waals surface area contributed by atoms with Crippen molar-refractivity contribution in [3.8, 4) is 0 Å². The number of aliphatic hydroxyl groups excluding tert-OH is 1. The molecular weight excluding hydrogens is 284 g/mol. The minimum atomic E-state index is -3.60. The molecule has 2 N–H and O–H groups in total. The number of sulfonamides is 1. The van der Waals surface area contributed by atoms with Crippen LogP contribution < -0.4 is 4.72 Å². The van der Waals surface area contributed by atoms with Gasteiger partial charge >= 0.3 is 0 Å². The Morgan fingerprint density at radius 1 is 1.50 bits per heavy atom. The van der Waals surface area contributed by atoms with E-state index in [1.165, 1.54) is 18.7 Å². The van der Waals surface area contributed by atoms with Gasteiger partial charge in [0.25, 0.3) is 0 Å². The quantitative estimate of drug-likeness (QED) is 0.739. The molecule has 0 spiro atoms. The molecule has 0 bridgehead atoms. The highest BCUT2D eigenvalue weighted by Crippen LogP contribution is 2.14. The summed E-state index contributed by atoms with van der Waals surface area (Å²) in [6.45, 7) is 2.44. The molecular formula is C11H16N4O4S. The third-order valence-corrected chi connectivity index (χ3v) is 4.25. The first-order valence-corrected chi connectivity index (χ1v) is 7.60.